The number of benzene rings is 1. The molecule has 3 amide bonds. The van der Waals surface area contributed by atoms with Crippen LogP contribution in [-0.2, 0) is 32.0 Å². The molecular formula is C27H35N7O5S. The van der Waals surface area contributed by atoms with Crippen molar-refractivity contribution < 1.29 is 24.3 Å². The lowest BCUT2D eigenvalue weighted by Gasteiger charge is -2.25. The number of carbonyl (C=O) groups excluding carboxylic acids is 3. The molecule has 40 heavy (non-hydrogen) atoms. The summed E-state index contributed by atoms with van der Waals surface area (Å²) in [7, 11) is 0. The second-order valence-corrected chi connectivity index (χ2v) is 10.8. The van der Waals surface area contributed by atoms with Gasteiger partial charge in [-0.1, -0.05) is 18.2 Å². The maximum atomic E-state index is 13.7. The molecule has 214 valence electrons. The fraction of sp³-hybridized carbons (Fsp3) is 0.444. The van der Waals surface area contributed by atoms with Gasteiger partial charge in [0.2, 0.25) is 17.7 Å². The van der Waals surface area contributed by atoms with E-state index in [1.807, 2.05) is 36.7 Å². The van der Waals surface area contributed by atoms with Crippen molar-refractivity contribution in [2.45, 2.75) is 56.3 Å². The third-order valence-corrected chi connectivity index (χ3v) is 7.59. The number of H-pyrrole nitrogens is 2. The van der Waals surface area contributed by atoms with Gasteiger partial charge in [0.15, 0.2) is 0 Å². The van der Waals surface area contributed by atoms with Crippen LogP contribution in [-0.4, -0.2) is 86.5 Å². The number of aromatic amines is 2. The zero-order valence-electron chi connectivity index (χ0n) is 22.2. The molecule has 3 aromatic rings. The van der Waals surface area contributed by atoms with Crippen molar-refractivity contribution in [2.24, 2.45) is 0 Å². The molecule has 1 aromatic carbocycles. The first-order valence-electron chi connectivity index (χ1n) is 13.2. The van der Waals surface area contributed by atoms with E-state index in [4.69, 9.17) is 0 Å². The van der Waals surface area contributed by atoms with Gasteiger partial charge in [-0.15, -0.1) is 0 Å². The Labute approximate surface area is 235 Å². The lowest BCUT2D eigenvalue weighted by atomic mass is 10.0. The molecule has 7 N–H and O–H groups in total. The minimum atomic E-state index is -1.15. The van der Waals surface area contributed by atoms with Crippen LogP contribution in [0.1, 0.15) is 30.5 Å². The zero-order valence-corrected chi connectivity index (χ0v) is 23.1. The maximum absolute atomic E-state index is 13.7. The van der Waals surface area contributed by atoms with Crippen LogP contribution in [0, 0.1) is 0 Å². The summed E-state index contributed by atoms with van der Waals surface area (Å²) in [6.45, 7) is 0.727. The number of nitrogens with one attached hydrogen (secondary N) is 6. The third-order valence-electron chi connectivity index (χ3n) is 6.95. The summed E-state index contributed by atoms with van der Waals surface area (Å²) >= 11 is 1.47. The van der Waals surface area contributed by atoms with E-state index in [2.05, 4.69) is 36.2 Å². The van der Waals surface area contributed by atoms with E-state index < -0.39 is 42.0 Å². The molecule has 0 spiro atoms. The largest absolute Gasteiger partial charge is 0.480 e. The van der Waals surface area contributed by atoms with E-state index in [1.165, 1.54) is 24.3 Å². The van der Waals surface area contributed by atoms with Crippen LogP contribution >= 0.6 is 11.8 Å². The number of nitrogens with zero attached hydrogens (tertiary/aromatic N) is 1. The van der Waals surface area contributed by atoms with Crippen LogP contribution in [0.3, 0.4) is 0 Å². The highest BCUT2D eigenvalue weighted by Crippen LogP contribution is 2.19. The van der Waals surface area contributed by atoms with Crippen molar-refractivity contribution in [1.29, 1.82) is 0 Å². The van der Waals surface area contributed by atoms with Crippen molar-refractivity contribution in [3.05, 3.63) is 54.2 Å². The van der Waals surface area contributed by atoms with E-state index in [0.717, 1.165) is 29.4 Å². The second kappa shape index (κ2) is 14.0. The molecule has 13 heteroatoms. The number of imidazole rings is 1. The number of rotatable bonds is 14. The molecule has 0 radical (unpaired) electrons. The Morgan fingerprint density at radius 2 is 1.80 bits per heavy atom. The van der Waals surface area contributed by atoms with E-state index >= 15 is 0 Å². The van der Waals surface area contributed by atoms with Crippen molar-refractivity contribution >= 4 is 46.4 Å². The minimum Gasteiger partial charge on any atom is -0.480 e. The number of para-hydroxylation sites is 1. The number of thioether (sulfide) groups is 1. The third kappa shape index (κ3) is 7.63. The normalized spacial score (nSPS) is 17.2. The summed E-state index contributed by atoms with van der Waals surface area (Å²) in [5.74, 6) is -2.07. The first-order valence-corrected chi connectivity index (χ1v) is 14.6. The molecule has 4 rings (SSSR count). The van der Waals surface area contributed by atoms with Gasteiger partial charge in [-0.05, 0) is 49.4 Å². The number of aliphatic carboxylic acids is 1. The van der Waals surface area contributed by atoms with Crippen LogP contribution in [0.4, 0.5) is 0 Å². The number of amides is 3. The van der Waals surface area contributed by atoms with E-state index in [1.54, 1.807) is 0 Å². The number of fused-ring (bicyclic) bond motifs is 1. The maximum Gasteiger partial charge on any atom is 0.326 e. The predicted octanol–water partition coefficient (Wildman–Crippen LogP) is 0.720. The molecule has 0 saturated carbocycles. The van der Waals surface area contributed by atoms with Crippen LogP contribution in [0.2, 0.25) is 0 Å². The molecule has 2 aromatic heterocycles. The molecule has 1 aliphatic rings. The molecule has 4 atom stereocenters. The zero-order chi connectivity index (χ0) is 28.5. The highest BCUT2D eigenvalue weighted by Gasteiger charge is 2.32. The monoisotopic (exact) mass is 569 g/mol. The summed E-state index contributed by atoms with van der Waals surface area (Å²) in [5, 5.41) is 21.9. The van der Waals surface area contributed by atoms with Gasteiger partial charge in [-0.25, -0.2) is 9.78 Å². The SMILES string of the molecule is CSCCC(NC(=O)C(Cc1cnc[nH]1)NC(=O)C(Cc1c[nH]c2ccccc12)NC(=O)C1CCCN1)C(=O)O. The van der Waals surface area contributed by atoms with Crippen molar-refractivity contribution in [3.63, 3.8) is 0 Å². The number of carbonyl (C=O) groups is 4. The minimum absolute atomic E-state index is 0.0599. The number of hydrogen-bond donors (Lipinski definition) is 7. The standard InChI is InChI=1S/C27H35N7O5S/c1-40-10-8-21(27(38)39)32-26(37)23(12-17-14-28-15-31-17)34-25(36)22(33-24(35)20-7-4-9-29-20)11-16-13-30-19-6-3-2-5-18(16)19/h2-3,5-6,13-15,20-23,29-30H,4,7-12H2,1H3,(H,28,31)(H,32,37)(H,33,35)(H,34,36)(H,38,39). The van der Waals surface area contributed by atoms with Crippen molar-refractivity contribution in [2.75, 3.05) is 18.6 Å². The fourth-order valence-electron chi connectivity index (χ4n) is 4.77. The molecule has 12 nitrogen and oxygen atoms in total. The first-order chi connectivity index (χ1) is 19.4. The molecule has 1 aliphatic heterocycles. The number of aromatic nitrogens is 3. The quantitative estimate of drug-likeness (QED) is 0.148. The van der Waals surface area contributed by atoms with Gasteiger partial charge in [0.25, 0.3) is 0 Å². The molecule has 1 saturated heterocycles. The van der Waals surface area contributed by atoms with Gasteiger partial charge in [-0.3, -0.25) is 14.4 Å². The smallest absolute Gasteiger partial charge is 0.326 e. The van der Waals surface area contributed by atoms with Crippen LogP contribution in [0.15, 0.2) is 43.0 Å². The number of hydrogen-bond acceptors (Lipinski definition) is 7. The molecule has 1 fully saturated rings. The molecule has 3 heterocycles. The Hall–Kier alpha value is -3.84. The summed E-state index contributed by atoms with van der Waals surface area (Å²) in [5.41, 5.74) is 2.33. The van der Waals surface area contributed by atoms with Crippen molar-refractivity contribution in [3.8, 4) is 0 Å². The van der Waals surface area contributed by atoms with E-state index in [9.17, 15) is 24.3 Å². The van der Waals surface area contributed by atoms with Crippen LogP contribution in [0.5, 0.6) is 0 Å². The Balaban J connectivity index is 1.55. The summed E-state index contributed by atoms with van der Waals surface area (Å²) in [4.78, 5) is 61.9. The lowest BCUT2D eigenvalue weighted by Crippen LogP contribution is -2.58. The number of carboxylic acid groups (broad SMARTS) is 1. The van der Waals surface area contributed by atoms with Gasteiger partial charge in [0.05, 0.1) is 12.4 Å². The fourth-order valence-corrected chi connectivity index (χ4v) is 5.24. The summed E-state index contributed by atoms with van der Waals surface area (Å²) < 4.78 is 0. The Kier molecular flexibility index (Phi) is 10.2. The lowest BCUT2D eigenvalue weighted by molar-refractivity contribution is -0.142. The average molecular weight is 570 g/mol. The Morgan fingerprint density at radius 1 is 1.05 bits per heavy atom. The van der Waals surface area contributed by atoms with Crippen molar-refractivity contribution in [1.82, 2.24) is 36.2 Å². The molecule has 0 aliphatic carbocycles. The molecular weight excluding hydrogens is 534 g/mol. The van der Waals surface area contributed by atoms with Gasteiger partial charge in [-0.2, -0.15) is 11.8 Å². The van der Waals surface area contributed by atoms with Gasteiger partial charge < -0.3 is 36.3 Å². The van der Waals surface area contributed by atoms with E-state index in [0.29, 0.717) is 17.9 Å². The summed E-state index contributed by atoms with van der Waals surface area (Å²) in [6, 6.07) is 4.10. The van der Waals surface area contributed by atoms with Gasteiger partial charge in [0, 0.05) is 41.8 Å². The van der Waals surface area contributed by atoms with Gasteiger partial charge >= 0.3 is 5.97 Å². The first kappa shape index (κ1) is 29.2. The predicted molar refractivity (Wildman–Crippen MR) is 152 cm³/mol. The Morgan fingerprint density at radius 3 is 2.48 bits per heavy atom. The second-order valence-electron chi connectivity index (χ2n) is 9.80. The van der Waals surface area contributed by atoms with Crippen LogP contribution < -0.4 is 21.3 Å². The summed E-state index contributed by atoms with van der Waals surface area (Å²) in [6.07, 6.45) is 8.68. The highest BCUT2D eigenvalue weighted by atomic mass is 32.2. The van der Waals surface area contributed by atoms with Crippen LogP contribution in [0.25, 0.3) is 10.9 Å². The van der Waals surface area contributed by atoms with Gasteiger partial charge in [0.1, 0.15) is 18.1 Å². The Bertz CT molecular complexity index is 1310. The average Bonchev–Trinajstić information content (AvgIpc) is 3.73. The molecule has 4 unspecified atom stereocenters. The number of carboxylic acids is 1. The highest BCUT2D eigenvalue weighted by molar-refractivity contribution is 7.98. The topological polar surface area (TPSA) is 181 Å². The van der Waals surface area contributed by atoms with E-state index in [-0.39, 0.29) is 25.2 Å². The molecule has 0 bridgehead atoms.